The standard InChI is InChI=1S/C37H47N3O6/c1-39(26-36(43-2)44-3)35(41)18-20-45-19-17-27-13-15-28(16-14-27)23-40-24-30-21-32(22-31(30)25-40)46-37(42)38-34-12-8-7-11-33(34)29-9-5-4-6-10-29/h4-16,30-32,36H,17-26H2,1-3H3,(H,38,42)/t30-,31?,32+/m0/s1. The van der Waals surface area contributed by atoms with Crippen LogP contribution in [0.1, 0.15) is 30.4 Å². The van der Waals surface area contributed by atoms with Crippen LogP contribution < -0.4 is 5.32 Å². The highest BCUT2D eigenvalue weighted by atomic mass is 16.7. The van der Waals surface area contributed by atoms with Crippen LogP contribution in [0, 0.1) is 11.8 Å². The van der Waals surface area contributed by atoms with Crippen molar-refractivity contribution in [2.75, 3.05) is 59.4 Å². The molecular weight excluding hydrogens is 582 g/mol. The smallest absolute Gasteiger partial charge is 0.411 e. The highest BCUT2D eigenvalue weighted by Crippen LogP contribution is 2.40. The van der Waals surface area contributed by atoms with Crippen molar-refractivity contribution in [3.8, 4) is 11.1 Å². The van der Waals surface area contributed by atoms with Crippen molar-refractivity contribution in [1.29, 1.82) is 0 Å². The molecule has 1 unspecified atom stereocenters. The molecule has 3 aromatic carbocycles. The number of carbonyl (C=O) groups excluding carboxylic acids is 2. The first-order chi connectivity index (χ1) is 22.4. The van der Waals surface area contributed by atoms with E-state index in [4.69, 9.17) is 18.9 Å². The first-order valence-electron chi connectivity index (χ1n) is 16.2. The Hall–Kier alpha value is -3.76. The summed E-state index contributed by atoms with van der Waals surface area (Å²) in [4.78, 5) is 29.2. The van der Waals surface area contributed by atoms with Crippen LogP contribution in [0.4, 0.5) is 10.5 Å². The lowest BCUT2D eigenvalue weighted by Gasteiger charge is -2.22. The van der Waals surface area contributed by atoms with Gasteiger partial charge in [-0.1, -0.05) is 72.8 Å². The van der Waals surface area contributed by atoms with Gasteiger partial charge in [-0.3, -0.25) is 15.0 Å². The van der Waals surface area contributed by atoms with Crippen molar-refractivity contribution in [2.24, 2.45) is 11.8 Å². The van der Waals surface area contributed by atoms with Crippen LogP contribution >= 0.6 is 0 Å². The fraction of sp³-hybridized carbons (Fsp3) is 0.459. The number of anilines is 1. The summed E-state index contributed by atoms with van der Waals surface area (Å²) in [7, 11) is 4.86. The lowest BCUT2D eigenvalue weighted by atomic mass is 10.0. The number of fused-ring (bicyclic) bond motifs is 1. The minimum absolute atomic E-state index is 0.00346. The van der Waals surface area contributed by atoms with E-state index in [0.29, 0.717) is 38.0 Å². The SMILES string of the molecule is COC(CN(C)C(=O)CCOCCc1ccc(CN2CC3C[C@H](OC(=O)Nc4ccccc4-c4ccccc4)C[C@H]3C2)cc1)OC. The average Bonchev–Trinajstić information content (AvgIpc) is 3.62. The van der Waals surface area contributed by atoms with Gasteiger partial charge in [0.1, 0.15) is 6.10 Å². The quantitative estimate of drug-likeness (QED) is 0.167. The maximum Gasteiger partial charge on any atom is 0.411 e. The van der Waals surface area contributed by atoms with Crippen molar-refractivity contribution in [3.05, 3.63) is 90.0 Å². The summed E-state index contributed by atoms with van der Waals surface area (Å²) < 4.78 is 21.9. The normalized spacial score (nSPS) is 19.3. The maximum atomic E-state index is 12.8. The molecule has 3 aromatic rings. The minimum atomic E-state index is -0.426. The molecule has 1 heterocycles. The number of hydrogen-bond acceptors (Lipinski definition) is 7. The second-order valence-electron chi connectivity index (χ2n) is 12.4. The van der Waals surface area contributed by atoms with E-state index in [1.165, 1.54) is 11.1 Å². The molecule has 46 heavy (non-hydrogen) atoms. The Bertz CT molecular complexity index is 1380. The molecule has 3 atom stereocenters. The Morgan fingerprint density at radius 3 is 2.22 bits per heavy atom. The molecule has 1 saturated carbocycles. The van der Waals surface area contributed by atoms with Gasteiger partial charge in [-0.25, -0.2) is 4.79 Å². The van der Waals surface area contributed by atoms with Gasteiger partial charge in [0, 0.05) is 46.5 Å². The van der Waals surface area contributed by atoms with Gasteiger partial charge in [0.05, 0.1) is 31.9 Å². The Labute approximate surface area is 272 Å². The Morgan fingerprint density at radius 2 is 1.52 bits per heavy atom. The summed E-state index contributed by atoms with van der Waals surface area (Å²) >= 11 is 0. The first-order valence-corrected chi connectivity index (χ1v) is 16.2. The molecule has 1 aliphatic carbocycles. The number of para-hydroxylation sites is 1. The molecule has 246 valence electrons. The second kappa shape index (κ2) is 16.7. The molecule has 1 aliphatic heterocycles. The van der Waals surface area contributed by atoms with E-state index in [1.807, 2.05) is 54.6 Å². The first kappa shape index (κ1) is 33.6. The fourth-order valence-electron chi connectivity index (χ4n) is 6.60. The number of carbonyl (C=O) groups is 2. The van der Waals surface area contributed by atoms with Crippen molar-refractivity contribution in [1.82, 2.24) is 9.80 Å². The van der Waals surface area contributed by atoms with Gasteiger partial charge in [0.15, 0.2) is 6.29 Å². The van der Waals surface area contributed by atoms with Crippen LogP contribution in [0.3, 0.4) is 0 Å². The van der Waals surface area contributed by atoms with Gasteiger partial charge < -0.3 is 23.8 Å². The molecule has 5 rings (SSSR count). The second-order valence-corrected chi connectivity index (χ2v) is 12.4. The number of likely N-dealkylation sites (N-methyl/N-ethyl adjacent to an activating group) is 1. The van der Waals surface area contributed by atoms with Crippen molar-refractivity contribution in [3.63, 3.8) is 0 Å². The molecule has 0 aromatic heterocycles. The highest BCUT2D eigenvalue weighted by molar-refractivity contribution is 5.91. The molecular formula is C37H47N3O6. The lowest BCUT2D eigenvalue weighted by Crippen LogP contribution is -2.36. The maximum absolute atomic E-state index is 12.8. The van der Waals surface area contributed by atoms with Crippen LogP contribution in [-0.4, -0.2) is 88.3 Å². The molecule has 0 radical (unpaired) electrons. The Balaban J connectivity index is 0.980. The Kier molecular flexibility index (Phi) is 12.2. The number of methoxy groups -OCH3 is 2. The third kappa shape index (κ3) is 9.39. The molecule has 9 nitrogen and oxygen atoms in total. The van der Waals surface area contributed by atoms with Crippen molar-refractivity contribution in [2.45, 2.75) is 44.6 Å². The van der Waals surface area contributed by atoms with E-state index in [0.717, 1.165) is 55.7 Å². The number of amides is 2. The summed E-state index contributed by atoms with van der Waals surface area (Å²) in [5.74, 6) is 1.11. The monoisotopic (exact) mass is 629 g/mol. The van der Waals surface area contributed by atoms with Gasteiger partial charge in [-0.15, -0.1) is 0 Å². The number of nitrogens with one attached hydrogen (secondary N) is 1. The van der Waals surface area contributed by atoms with E-state index in [-0.39, 0.29) is 18.1 Å². The largest absolute Gasteiger partial charge is 0.446 e. The zero-order chi connectivity index (χ0) is 32.3. The van der Waals surface area contributed by atoms with Crippen molar-refractivity contribution >= 4 is 17.7 Å². The van der Waals surface area contributed by atoms with Crippen LogP contribution in [-0.2, 0) is 36.7 Å². The predicted molar refractivity (Wildman–Crippen MR) is 178 cm³/mol. The van der Waals surface area contributed by atoms with Crippen LogP contribution in [0.15, 0.2) is 78.9 Å². The van der Waals surface area contributed by atoms with Gasteiger partial charge in [-0.2, -0.15) is 0 Å². The van der Waals surface area contributed by atoms with Crippen LogP contribution in [0.5, 0.6) is 0 Å². The summed E-state index contributed by atoms with van der Waals surface area (Å²) in [6.45, 7) is 4.34. The lowest BCUT2D eigenvalue weighted by molar-refractivity contribution is -0.143. The van der Waals surface area contributed by atoms with Crippen LogP contribution in [0.2, 0.25) is 0 Å². The molecule has 9 heteroatoms. The number of nitrogens with zero attached hydrogens (tertiary/aromatic N) is 2. The number of ether oxygens (including phenoxy) is 4. The fourth-order valence-corrected chi connectivity index (χ4v) is 6.60. The predicted octanol–water partition coefficient (Wildman–Crippen LogP) is 5.84. The summed E-state index contributed by atoms with van der Waals surface area (Å²) in [5, 5.41) is 2.98. The topological polar surface area (TPSA) is 89.6 Å². The molecule has 2 aliphatic rings. The number of benzene rings is 3. The molecule has 0 bridgehead atoms. The average molecular weight is 630 g/mol. The van der Waals surface area contributed by atoms with Gasteiger partial charge in [0.25, 0.3) is 0 Å². The van der Waals surface area contributed by atoms with Crippen LogP contribution in [0.25, 0.3) is 11.1 Å². The summed E-state index contributed by atoms with van der Waals surface area (Å²) in [6, 6.07) is 26.6. The zero-order valence-electron chi connectivity index (χ0n) is 27.2. The van der Waals surface area contributed by atoms with E-state index >= 15 is 0 Å². The zero-order valence-corrected chi connectivity index (χ0v) is 27.2. The van der Waals surface area contributed by atoms with E-state index in [9.17, 15) is 9.59 Å². The van der Waals surface area contributed by atoms with E-state index in [2.05, 4.69) is 34.5 Å². The van der Waals surface area contributed by atoms with Gasteiger partial charge >= 0.3 is 6.09 Å². The third-order valence-corrected chi connectivity index (χ3v) is 9.10. The molecule has 2 amide bonds. The van der Waals surface area contributed by atoms with E-state index in [1.54, 1.807) is 26.2 Å². The third-order valence-electron chi connectivity index (χ3n) is 9.10. The summed E-state index contributed by atoms with van der Waals surface area (Å²) in [5.41, 5.74) is 5.32. The summed E-state index contributed by atoms with van der Waals surface area (Å²) in [6.07, 6.45) is 2.12. The van der Waals surface area contributed by atoms with E-state index < -0.39 is 6.29 Å². The molecule has 1 saturated heterocycles. The number of hydrogen-bond donors (Lipinski definition) is 1. The minimum Gasteiger partial charge on any atom is -0.446 e. The number of likely N-dealkylation sites (tertiary alicyclic amines) is 1. The number of rotatable bonds is 15. The Morgan fingerprint density at radius 1 is 0.870 bits per heavy atom. The molecule has 1 N–H and O–H groups in total. The van der Waals surface area contributed by atoms with Gasteiger partial charge in [-0.05, 0) is 53.9 Å². The highest BCUT2D eigenvalue weighted by Gasteiger charge is 2.42. The van der Waals surface area contributed by atoms with Gasteiger partial charge in [0.2, 0.25) is 5.91 Å². The van der Waals surface area contributed by atoms with Crippen molar-refractivity contribution < 1.29 is 28.5 Å². The molecule has 0 spiro atoms. The molecule has 2 fully saturated rings.